The highest BCUT2D eigenvalue weighted by Crippen LogP contribution is 2.29. The molecule has 31 heavy (non-hydrogen) atoms. The summed E-state index contributed by atoms with van der Waals surface area (Å²) < 4.78 is 26.9. The summed E-state index contributed by atoms with van der Waals surface area (Å²) in [6.45, 7) is 3.40. The summed E-state index contributed by atoms with van der Waals surface area (Å²) in [5.74, 6) is -0.334. The molecular formula is C22H26N4O4S. The molecule has 0 unspecified atom stereocenters. The lowest BCUT2D eigenvalue weighted by Crippen LogP contribution is -2.53. The van der Waals surface area contributed by atoms with Gasteiger partial charge in [0.1, 0.15) is 5.54 Å². The van der Waals surface area contributed by atoms with Gasteiger partial charge in [-0.15, -0.1) is 0 Å². The number of nitrogens with one attached hydrogen (secondary N) is 1. The summed E-state index contributed by atoms with van der Waals surface area (Å²) in [6.07, 6.45) is 0. The van der Waals surface area contributed by atoms with Crippen molar-refractivity contribution >= 4 is 22.0 Å². The fourth-order valence-electron chi connectivity index (χ4n) is 4.02. The van der Waals surface area contributed by atoms with Crippen molar-refractivity contribution in [2.24, 2.45) is 0 Å². The number of urea groups is 1. The van der Waals surface area contributed by atoms with Crippen molar-refractivity contribution in [2.75, 3.05) is 32.8 Å². The number of benzene rings is 2. The summed E-state index contributed by atoms with van der Waals surface area (Å²) in [5.41, 5.74) is 0.385. The summed E-state index contributed by atoms with van der Waals surface area (Å²) in [6, 6.07) is 17.8. The second-order valence-corrected chi connectivity index (χ2v) is 10.0. The summed E-state index contributed by atoms with van der Waals surface area (Å²) in [5, 5.41) is 2.80. The number of piperazine rings is 1. The Morgan fingerprint density at radius 2 is 1.48 bits per heavy atom. The van der Waals surface area contributed by atoms with E-state index in [0.29, 0.717) is 26.2 Å². The Kier molecular flexibility index (Phi) is 5.83. The van der Waals surface area contributed by atoms with E-state index < -0.39 is 21.6 Å². The van der Waals surface area contributed by atoms with Gasteiger partial charge in [-0.1, -0.05) is 60.7 Å². The number of carbonyl (C=O) groups excluding carboxylic acids is 2. The van der Waals surface area contributed by atoms with Gasteiger partial charge in [-0.3, -0.25) is 9.69 Å². The average Bonchev–Trinajstić information content (AvgIpc) is 2.99. The molecule has 1 N–H and O–H groups in total. The fraction of sp³-hybridized carbons (Fsp3) is 0.364. The second kappa shape index (κ2) is 8.41. The van der Waals surface area contributed by atoms with E-state index in [1.807, 2.05) is 53.4 Å². The van der Waals surface area contributed by atoms with Crippen LogP contribution in [0.4, 0.5) is 4.79 Å². The number of carbonyl (C=O) groups is 2. The van der Waals surface area contributed by atoms with Crippen LogP contribution in [0.3, 0.4) is 0 Å². The number of imide groups is 1. The number of amides is 3. The molecule has 0 aliphatic carbocycles. The minimum absolute atomic E-state index is 0.0315. The van der Waals surface area contributed by atoms with Gasteiger partial charge >= 0.3 is 6.03 Å². The van der Waals surface area contributed by atoms with E-state index in [2.05, 4.69) is 5.32 Å². The maximum absolute atomic E-state index is 13.0. The van der Waals surface area contributed by atoms with Gasteiger partial charge in [-0.05, 0) is 18.1 Å². The molecule has 0 radical (unpaired) electrons. The molecule has 2 aliphatic heterocycles. The average molecular weight is 443 g/mol. The molecule has 2 saturated heterocycles. The van der Waals surface area contributed by atoms with E-state index >= 15 is 0 Å². The van der Waals surface area contributed by atoms with E-state index in [0.717, 1.165) is 11.1 Å². The molecule has 2 aliphatic rings. The quantitative estimate of drug-likeness (QED) is 0.686. The predicted molar refractivity (Wildman–Crippen MR) is 116 cm³/mol. The largest absolute Gasteiger partial charge is 0.326 e. The third kappa shape index (κ3) is 4.34. The number of sulfonamides is 1. The topological polar surface area (TPSA) is 90.0 Å². The van der Waals surface area contributed by atoms with Crippen LogP contribution in [0.1, 0.15) is 18.1 Å². The van der Waals surface area contributed by atoms with E-state index in [1.54, 1.807) is 19.1 Å². The highest BCUT2D eigenvalue weighted by molar-refractivity contribution is 7.88. The number of rotatable bonds is 6. The van der Waals surface area contributed by atoms with Crippen molar-refractivity contribution < 1.29 is 18.0 Å². The zero-order valence-electron chi connectivity index (χ0n) is 17.4. The molecule has 1 atom stereocenters. The first-order valence-electron chi connectivity index (χ1n) is 10.2. The lowest BCUT2D eigenvalue weighted by Gasteiger charge is -2.35. The monoisotopic (exact) mass is 442 g/mol. The van der Waals surface area contributed by atoms with Gasteiger partial charge in [-0.25, -0.2) is 18.1 Å². The Morgan fingerprint density at radius 1 is 0.903 bits per heavy atom. The van der Waals surface area contributed by atoms with Crippen LogP contribution in [0.5, 0.6) is 0 Å². The van der Waals surface area contributed by atoms with Crippen LogP contribution in [0.25, 0.3) is 0 Å². The van der Waals surface area contributed by atoms with Gasteiger partial charge < -0.3 is 5.32 Å². The van der Waals surface area contributed by atoms with Crippen LogP contribution in [0.2, 0.25) is 0 Å². The Balaban J connectivity index is 1.37. The van der Waals surface area contributed by atoms with Gasteiger partial charge in [0.25, 0.3) is 5.91 Å². The van der Waals surface area contributed by atoms with E-state index in [4.69, 9.17) is 0 Å². The number of hydrogen-bond donors (Lipinski definition) is 1. The molecule has 0 aromatic heterocycles. The normalized spacial score (nSPS) is 23.2. The molecule has 3 amide bonds. The van der Waals surface area contributed by atoms with Crippen molar-refractivity contribution in [3.63, 3.8) is 0 Å². The van der Waals surface area contributed by atoms with E-state index in [-0.39, 0.29) is 18.3 Å². The first-order valence-corrected chi connectivity index (χ1v) is 11.8. The Morgan fingerprint density at radius 3 is 2.10 bits per heavy atom. The Hall–Kier alpha value is -2.75. The first-order chi connectivity index (χ1) is 14.8. The standard InChI is InChI=1S/C22H26N4O4S/c1-22(19-10-6-3-7-11-19)20(27)26(21(28)23-22)17-24-12-14-25(15-13-24)31(29,30)16-18-8-4-2-5-9-18/h2-11H,12-17H2,1H3,(H,23,28)/t22-/m0/s1. The lowest BCUT2D eigenvalue weighted by molar-refractivity contribution is -0.132. The first kappa shape index (κ1) is 21.5. The molecule has 0 spiro atoms. The van der Waals surface area contributed by atoms with Crippen LogP contribution in [-0.4, -0.2) is 67.3 Å². The van der Waals surface area contributed by atoms with Gasteiger partial charge in [0, 0.05) is 26.2 Å². The maximum Gasteiger partial charge on any atom is 0.326 e. The summed E-state index contributed by atoms with van der Waals surface area (Å²) in [7, 11) is -3.42. The van der Waals surface area contributed by atoms with Crippen LogP contribution in [0, 0.1) is 0 Å². The molecule has 9 heteroatoms. The van der Waals surface area contributed by atoms with Gasteiger partial charge in [0.05, 0.1) is 12.4 Å². The molecular weight excluding hydrogens is 416 g/mol. The molecule has 2 fully saturated rings. The maximum atomic E-state index is 13.0. The predicted octanol–water partition coefficient (Wildman–Crippen LogP) is 1.56. The molecule has 0 saturated carbocycles. The number of nitrogens with zero attached hydrogens (tertiary/aromatic N) is 3. The minimum Gasteiger partial charge on any atom is -0.319 e. The molecule has 2 heterocycles. The Bertz CT molecular complexity index is 1050. The van der Waals surface area contributed by atoms with Gasteiger partial charge in [0.2, 0.25) is 10.0 Å². The van der Waals surface area contributed by atoms with Crippen LogP contribution in [-0.2, 0) is 26.1 Å². The molecule has 2 aromatic rings. The molecule has 0 bridgehead atoms. The van der Waals surface area contributed by atoms with E-state index in [1.165, 1.54) is 9.21 Å². The van der Waals surface area contributed by atoms with Crippen molar-refractivity contribution in [2.45, 2.75) is 18.2 Å². The molecule has 4 rings (SSSR count). The van der Waals surface area contributed by atoms with Crippen LogP contribution in [0.15, 0.2) is 60.7 Å². The lowest BCUT2D eigenvalue weighted by atomic mass is 9.92. The fourth-order valence-corrected chi connectivity index (χ4v) is 5.53. The molecule has 2 aromatic carbocycles. The van der Waals surface area contributed by atoms with Crippen molar-refractivity contribution in [3.05, 3.63) is 71.8 Å². The van der Waals surface area contributed by atoms with Crippen LogP contribution < -0.4 is 5.32 Å². The molecule has 8 nitrogen and oxygen atoms in total. The summed E-state index contributed by atoms with van der Waals surface area (Å²) >= 11 is 0. The third-order valence-corrected chi connectivity index (χ3v) is 7.73. The van der Waals surface area contributed by atoms with Crippen LogP contribution >= 0.6 is 0 Å². The van der Waals surface area contributed by atoms with Crippen molar-refractivity contribution in [1.82, 2.24) is 19.4 Å². The van der Waals surface area contributed by atoms with Gasteiger partial charge in [0.15, 0.2) is 0 Å². The Labute approximate surface area is 182 Å². The van der Waals surface area contributed by atoms with Gasteiger partial charge in [-0.2, -0.15) is 4.31 Å². The zero-order valence-corrected chi connectivity index (χ0v) is 18.2. The summed E-state index contributed by atoms with van der Waals surface area (Å²) in [4.78, 5) is 28.7. The smallest absolute Gasteiger partial charge is 0.319 e. The highest BCUT2D eigenvalue weighted by Gasteiger charge is 2.49. The minimum atomic E-state index is -3.42. The van der Waals surface area contributed by atoms with E-state index in [9.17, 15) is 18.0 Å². The molecule has 164 valence electrons. The highest BCUT2D eigenvalue weighted by atomic mass is 32.2. The SMILES string of the molecule is C[C@@]1(c2ccccc2)NC(=O)N(CN2CCN(S(=O)(=O)Cc3ccccc3)CC2)C1=O. The zero-order chi connectivity index (χ0) is 22.1. The second-order valence-electron chi connectivity index (χ2n) is 8.05. The van der Waals surface area contributed by atoms with Crippen molar-refractivity contribution in [1.29, 1.82) is 0 Å². The van der Waals surface area contributed by atoms with Crippen molar-refractivity contribution in [3.8, 4) is 0 Å². The third-order valence-electron chi connectivity index (χ3n) is 5.88. The number of hydrogen-bond acceptors (Lipinski definition) is 5.